The Morgan fingerprint density at radius 2 is 1.40 bits per heavy atom. The molecule has 4 aromatic carbocycles. The number of phenolic OH excluding ortho intramolecular Hbond substituents is 1. The lowest BCUT2D eigenvalue weighted by molar-refractivity contribution is 0.481. The molecule has 0 heterocycles. The van der Waals surface area contributed by atoms with Crippen LogP contribution < -0.4 is 0 Å². The lowest BCUT2D eigenvalue weighted by atomic mass is 9.97. The van der Waals surface area contributed by atoms with Crippen LogP contribution in [0.3, 0.4) is 0 Å². The lowest BCUT2D eigenvalue weighted by Gasteiger charge is -2.09. The van der Waals surface area contributed by atoms with Crippen molar-refractivity contribution in [2.45, 2.75) is 0 Å². The van der Waals surface area contributed by atoms with Crippen molar-refractivity contribution in [3.05, 3.63) is 66.5 Å². The maximum Gasteiger partial charge on any atom is 0.138 e. The predicted octanol–water partition coefficient (Wildman–Crippen LogP) is 4.99. The Hall–Kier alpha value is -2.61. The molecule has 20 heavy (non-hydrogen) atoms. The first-order valence-electron chi connectivity index (χ1n) is 6.47. The van der Waals surface area contributed by atoms with Crippen molar-refractivity contribution in [1.82, 2.24) is 0 Å². The van der Waals surface area contributed by atoms with Crippen LogP contribution in [0.5, 0.6) is 5.75 Å². The largest absolute Gasteiger partial charge is 0.507 e. The van der Waals surface area contributed by atoms with Crippen LogP contribution in [0.1, 0.15) is 0 Å². The molecule has 0 saturated heterocycles. The van der Waals surface area contributed by atoms with Gasteiger partial charge in [0.25, 0.3) is 0 Å². The van der Waals surface area contributed by atoms with E-state index in [2.05, 4.69) is 0 Å². The van der Waals surface area contributed by atoms with Crippen LogP contribution in [0.2, 0.25) is 0 Å². The van der Waals surface area contributed by atoms with Gasteiger partial charge >= 0.3 is 0 Å². The van der Waals surface area contributed by atoms with E-state index in [1.807, 2.05) is 30.3 Å². The molecule has 0 unspecified atom stereocenters. The molecule has 0 amide bonds. The highest BCUT2D eigenvalue weighted by molar-refractivity contribution is 6.13. The number of aromatic hydroxyl groups is 1. The molecule has 0 aliphatic heterocycles. The minimum atomic E-state index is -0.205. The molecule has 0 bridgehead atoms. The zero-order valence-electron chi connectivity index (χ0n) is 10.6. The molecular weight excluding hydrogens is 251 g/mol. The Labute approximate surface area is 114 Å². The summed E-state index contributed by atoms with van der Waals surface area (Å²) < 4.78 is 14.6. The molecule has 0 radical (unpaired) electrons. The summed E-state index contributed by atoms with van der Waals surface area (Å²) in [6.45, 7) is 0. The third-order valence-corrected chi connectivity index (χ3v) is 3.81. The molecule has 0 saturated carbocycles. The Balaban J connectivity index is 2.31. The third kappa shape index (κ3) is 1.42. The van der Waals surface area contributed by atoms with Gasteiger partial charge in [-0.3, -0.25) is 0 Å². The fourth-order valence-corrected chi connectivity index (χ4v) is 2.83. The van der Waals surface area contributed by atoms with Crippen molar-refractivity contribution >= 4 is 32.3 Å². The number of benzene rings is 4. The van der Waals surface area contributed by atoms with Crippen molar-refractivity contribution in [3.8, 4) is 5.75 Å². The van der Waals surface area contributed by atoms with E-state index < -0.39 is 0 Å². The average Bonchev–Trinajstić information content (AvgIpc) is 2.48. The standard InChI is InChI=1S/C18H11FO/c19-18-12-5-2-1-4-11(12)10-16-13-6-3-7-17(20)14(13)8-9-15(16)18/h1-10,20H. The first kappa shape index (κ1) is 11.2. The van der Waals surface area contributed by atoms with Gasteiger partial charge in [0.15, 0.2) is 0 Å². The fourth-order valence-electron chi connectivity index (χ4n) is 2.83. The zero-order chi connectivity index (χ0) is 13.7. The summed E-state index contributed by atoms with van der Waals surface area (Å²) in [6.07, 6.45) is 0. The van der Waals surface area contributed by atoms with Crippen molar-refractivity contribution in [2.24, 2.45) is 0 Å². The maximum atomic E-state index is 14.6. The van der Waals surface area contributed by atoms with Crippen LogP contribution in [-0.4, -0.2) is 5.11 Å². The van der Waals surface area contributed by atoms with E-state index >= 15 is 0 Å². The first-order valence-corrected chi connectivity index (χ1v) is 6.47. The number of hydrogen-bond donors (Lipinski definition) is 1. The van der Waals surface area contributed by atoms with Crippen molar-refractivity contribution < 1.29 is 9.50 Å². The molecule has 1 nitrogen and oxygen atoms in total. The van der Waals surface area contributed by atoms with E-state index in [0.29, 0.717) is 10.8 Å². The molecule has 1 N–H and O–H groups in total. The summed E-state index contributed by atoms with van der Waals surface area (Å²) in [5, 5.41) is 14.4. The molecular formula is C18H11FO. The van der Waals surface area contributed by atoms with Crippen LogP contribution >= 0.6 is 0 Å². The molecule has 0 spiro atoms. The highest BCUT2D eigenvalue weighted by Gasteiger charge is 2.10. The summed E-state index contributed by atoms with van der Waals surface area (Å²) in [7, 11) is 0. The van der Waals surface area contributed by atoms with Crippen LogP contribution in [-0.2, 0) is 0 Å². The Morgan fingerprint density at radius 1 is 0.650 bits per heavy atom. The van der Waals surface area contributed by atoms with Gasteiger partial charge in [-0.25, -0.2) is 4.39 Å². The van der Waals surface area contributed by atoms with Gasteiger partial charge in [-0.1, -0.05) is 42.5 Å². The Kier molecular flexibility index (Phi) is 2.21. The SMILES string of the molecule is Oc1cccc2c1ccc1c(F)c3ccccc3cc12. The second kappa shape index (κ2) is 3.94. The molecule has 4 rings (SSSR count). The number of phenols is 1. The highest BCUT2D eigenvalue weighted by Crippen LogP contribution is 2.35. The van der Waals surface area contributed by atoms with Crippen molar-refractivity contribution in [1.29, 1.82) is 0 Å². The van der Waals surface area contributed by atoms with Crippen LogP contribution in [0.15, 0.2) is 60.7 Å². The summed E-state index contributed by atoms with van der Waals surface area (Å²) in [5.41, 5.74) is 0. The minimum absolute atomic E-state index is 0.205. The average molecular weight is 262 g/mol. The monoisotopic (exact) mass is 262 g/mol. The van der Waals surface area contributed by atoms with Gasteiger partial charge in [0, 0.05) is 16.2 Å². The number of hydrogen-bond acceptors (Lipinski definition) is 1. The molecule has 0 atom stereocenters. The topological polar surface area (TPSA) is 20.2 Å². The second-order valence-corrected chi connectivity index (χ2v) is 4.94. The van der Waals surface area contributed by atoms with E-state index in [1.165, 1.54) is 0 Å². The normalized spacial score (nSPS) is 11.4. The van der Waals surface area contributed by atoms with E-state index in [9.17, 15) is 9.50 Å². The van der Waals surface area contributed by atoms with Gasteiger partial charge in [0.2, 0.25) is 0 Å². The van der Waals surface area contributed by atoms with Gasteiger partial charge in [0.05, 0.1) is 0 Å². The minimum Gasteiger partial charge on any atom is -0.507 e. The van der Waals surface area contributed by atoms with Gasteiger partial charge in [-0.2, -0.15) is 0 Å². The molecule has 4 aromatic rings. The molecule has 0 aromatic heterocycles. The van der Waals surface area contributed by atoms with Crippen LogP contribution in [0.25, 0.3) is 32.3 Å². The fraction of sp³-hybridized carbons (Fsp3) is 0. The molecule has 0 aliphatic rings. The zero-order valence-corrected chi connectivity index (χ0v) is 10.6. The van der Waals surface area contributed by atoms with Crippen LogP contribution in [0.4, 0.5) is 4.39 Å². The van der Waals surface area contributed by atoms with Gasteiger partial charge in [-0.05, 0) is 34.4 Å². The summed E-state index contributed by atoms with van der Waals surface area (Å²) in [6, 6.07) is 18.2. The van der Waals surface area contributed by atoms with Crippen LogP contribution in [0, 0.1) is 5.82 Å². The third-order valence-electron chi connectivity index (χ3n) is 3.81. The smallest absolute Gasteiger partial charge is 0.138 e. The van der Waals surface area contributed by atoms with E-state index in [0.717, 1.165) is 21.5 Å². The summed E-state index contributed by atoms with van der Waals surface area (Å²) in [5.74, 6) is 0.0151. The first-order chi connectivity index (χ1) is 9.75. The maximum absolute atomic E-state index is 14.6. The van der Waals surface area contributed by atoms with Gasteiger partial charge in [0.1, 0.15) is 11.6 Å². The van der Waals surface area contributed by atoms with E-state index in [4.69, 9.17) is 0 Å². The highest BCUT2D eigenvalue weighted by atomic mass is 19.1. The van der Waals surface area contributed by atoms with Crippen molar-refractivity contribution in [3.63, 3.8) is 0 Å². The Morgan fingerprint density at radius 3 is 2.30 bits per heavy atom. The summed E-state index contributed by atoms with van der Waals surface area (Å²) >= 11 is 0. The number of rotatable bonds is 0. The second-order valence-electron chi connectivity index (χ2n) is 4.94. The molecule has 96 valence electrons. The van der Waals surface area contributed by atoms with E-state index in [-0.39, 0.29) is 11.6 Å². The molecule has 0 aliphatic carbocycles. The number of fused-ring (bicyclic) bond motifs is 4. The quantitative estimate of drug-likeness (QED) is 0.349. The number of halogens is 1. The molecule has 2 heteroatoms. The predicted molar refractivity (Wildman–Crippen MR) is 80.6 cm³/mol. The van der Waals surface area contributed by atoms with Crippen molar-refractivity contribution in [2.75, 3.05) is 0 Å². The van der Waals surface area contributed by atoms with E-state index in [1.54, 1.807) is 30.3 Å². The summed E-state index contributed by atoms with van der Waals surface area (Å²) in [4.78, 5) is 0. The van der Waals surface area contributed by atoms with Gasteiger partial charge < -0.3 is 5.11 Å². The molecule has 0 fully saturated rings. The Bertz CT molecular complexity index is 973. The van der Waals surface area contributed by atoms with Gasteiger partial charge in [-0.15, -0.1) is 0 Å². The lowest BCUT2D eigenvalue weighted by Crippen LogP contribution is -1.85.